The molecule has 0 aliphatic carbocycles. The number of hydrogen-bond donors (Lipinski definition) is 0. The first kappa shape index (κ1) is 32.9. The molecule has 0 bridgehead atoms. The second kappa shape index (κ2) is 14.8. The number of benzene rings is 6. The predicted molar refractivity (Wildman–Crippen MR) is 173 cm³/mol. The summed E-state index contributed by atoms with van der Waals surface area (Å²) < 4.78 is 40.4. The van der Waals surface area contributed by atoms with Crippen LogP contribution in [0.2, 0.25) is 0 Å². The van der Waals surface area contributed by atoms with Gasteiger partial charge in [0, 0.05) is 34.5 Å². The average Bonchev–Trinajstić information content (AvgIpc) is 3.86. The molecule has 0 unspecified atom stereocenters. The normalized spacial score (nSPS) is 10.6. The van der Waals surface area contributed by atoms with Gasteiger partial charge in [-0.25, -0.2) is 0 Å². The van der Waals surface area contributed by atoms with Gasteiger partial charge in [-0.3, -0.25) is 13.2 Å². The van der Waals surface area contributed by atoms with Crippen molar-refractivity contribution in [2.75, 3.05) is 0 Å². The Morgan fingerprint density at radius 2 is 0.571 bits per heavy atom. The molecule has 6 aromatic carbocycles. The molecule has 0 fully saturated rings. The zero-order chi connectivity index (χ0) is 32.9. The first-order chi connectivity index (χ1) is 23.5. The molecule has 13 heteroatoms. The van der Waals surface area contributed by atoms with Crippen molar-refractivity contribution in [1.82, 2.24) is 45.0 Å². The van der Waals surface area contributed by atoms with Crippen LogP contribution in [0.5, 0.6) is 0 Å². The van der Waals surface area contributed by atoms with Crippen molar-refractivity contribution < 1.29 is 33.3 Å². The first-order valence-electron chi connectivity index (χ1n) is 14.5. The maximum Gasteiger partial charge on any atom is 3.00 e. The average molecular weight is 829 g/mol. The smallest absolute Gasteiger partial charge is 0.282 e. The Kier molecular flexibility index (Phi) is 9.93. The van der Waals surface area contributed by atoms with Crippen LogP contribution in [-0.2, 0) is 20.1 Å². The molecule has 9 aromatic rings. The quantitative estimate of drug-likeness (QED) is 0.177. The van der Waals surface area contributed by atoms with Gasteiger partial charge < -0.3 is 0 Å². The molecule has 9 nitrogen and oxygen atoms in total. The van der Waals surface area contributed by atoms with Gasteiger partial charge in [-0.1, -0.05) is 36.4 Å². The van der Waals surface area contributed by atoms with Gasteiger partial charge in [0.1, 0.15) is 33.1 Å². The van der Waals surface area contributed by atoms with E-state index in [1.807, 2.05) is 72.8 Å². The van der Waals surface area contributed by atoms with Crippen LogP contribution >= 0.6 is 0 Å². The Labute approximate surface area is 290 Å². The van der Waals surface area contributed by atoms with E-state index in [4.69, 9.17) is 0 Å². The number of aromatic nitrogens is 9. The summed E-state index contributed by atoms with van der Waals surface area (Å²) in [5.74, 6) is -1.16. The molecule has 0 N–H and O–H groups in total. The number of hydrogen-bond acceptors (Lipinski definition) is 6. The van der Waals surface area contributed by atoms with E-state index in [1.165, 1.54) is 32.6 Å². The standard InChI is InChI=1S/3C12H7FN3.Ir/c3*13-9-5-1-4-8-12(9)16-14-10-6-2-3-7-11(10)15-16;/h3*1-7H;/q3*-1;+3. The molecular formula is C36H21F3IrN9. The number of fused-ring (bicyclic) bond motifs is 3. The van der Waals surface area contributed by atoms with Gasteiger partial charge >= 0.3 is 20.1 Å². The monoisotopic (exact) mass is 829 g/mol. The van der Waals surface area contributed by atoms with Crippen LogP contribution in [0.15, 0.2) is 127 Å². The molecule has 0 aliphatic heterocycles. The molecule has 0 radical (unpaired) electrons. The Hall–Kier alpha value is -6.04. The van der Waals surface area contributed by atoms with Crippen molar-refractivity contribution in [2.24, 2.45) is 0 Å². The summed E-state index contributed by atoms with van der Waals surface area (Å²) in [6.45, 7) is 0. The van der Waals surface area contributed by atoms with Crippen molar-refractivity contribution >= 4 is 33.1 Å². The minimum atomic E-state index is -0.386. The molecule has 0 atom stereocenters. The number of para-hydroxylation sites is 3. The first-order valence-corrected chi connectivity index (χ1v) is 14.5. The van der Waals surface area contributed by atoms with Crippen LogP contribution in [0.1, 0.15) is 0 Å². The topological polar surface area (TPSA) is 92.1 Å². The van der Waals surface area contributed by atoms with E-state index in [1.54, 1.807) is 36.4 Å². The van der Waals surface area contributed by atoms with E-state index in [2.05, 4.69) is 48.8 Å². The third kappa shape index (κ3) is 7.28. The number of rotatable bonds is 3. The maximum absolute atomic E-state index is 13.5. The van der Waals surface area contributed by atoms with Gasteiger partial charge in [0.05, 0.1) is 0 Å². The van der Waals surface area contributed by atoms with Crippen molar-refractivity contribution in [3.05, 3.63) is 163 Å². The van der Waals surface area contributed by atoms with Crippen molar-refractivity contribution in [1.29, 1.82) is 0 Å². The van der Waals surface area contributed by atoms with Gasteiger partial charge in [-0.2, -0.15) is 99.6 Å². The molecular weight excluding hydrogens is 808 g/mol. The molecule has 0 saturated carbocycles. The summed E-state index contributed by atoms with van der Waals surface area (Å²) in [7, 11) is 0. The number of nitrogens with zero attached hydrogens (tertiary/aromatic N) is 9. The van der Waals surface area contributed by atoms with Gasteiger partial charge in [0.25, 0.3) is 0 Å². The second-order valence-corrected chi connectivity index (χ2v) is 10.0. The molecule has 49 heavy (non-hydrogen) atoms. The minimum Gasteiger partial charge on any atom is -0.282 e. The molecule has 9 rings (SSSR count). The summed E-state index contributed by atoms with van der Waals surface area (Å²) >= 11 is 0. The van der Waals surface area contributed by atoms with E-state index in [0.717, 1.165) is 33.1 Å². The third-order valence-electron chi connectivity index (χ3n) is 6.82. The molecule has 0 aliphatic rings. The number of halogens is 3. The van der Waals surface area contributed by atoms with Gasteiger partial charge in [-0.15, -0.1) is 18.2 Å². The third-order valence-corrected chi connectivity index (χ3v) is 6.82. The summed E-state index contributed by atoms with van der Waals surface area (Å²) in [5, 5.41) is 25.1. The Morgan fingerprint density at radius 1 is 0.347 bits per heavy atom. The van der Waals surface area contributed by atoms with Gasteiger partial charge in [0.2, 0.25) is 0 Å². The molecule has 3 aromatic heterocycles. The SMILES string of the molecule is Fc1ccc[c-]c1-n1nc2ccccc2n1.Fc1ccc[c-]c1-n1nc2ccccc2n1.Fc1ccc[c-]c1-n1nc2ccccc2n1.[Ir+3]. The second-order valence-electron chi connectivity index (χ2n) is 10.0. The van der Waals surface area contributed by atoms with Crippen LogP contribution < -0.4 is 0 Å². The Morgan fingerprint density at radius 3 is 0.776 bits per heavy atom. The fraction of sp³-hybridized carbons (Fsp3) is 0. The van der Waals surface area contributed by atoms with Crippen LogP contribution in [0.3, 0.4) is 0 Å². The van der Waals surface area contributed by atoms with Gasteiger partial charge in [0.15, 0.2) is 0 Å². The van der Waals surface area contributed by atoms with Crippen molar-refractivity contribution in [3.63, 3.8) is 0 Å². The zero-order valence-electron chi connectivity index (χ0n) is 25.1. The summed E-state index contributed by atoms with van der Waals surface area (Å²) in [5.41, 5.74) is 5.12. The van der Waals surface area contributed by atoms with Crippen LogP contribution in [0, 0.1) is 35.7 Å². The van der Waals surface area contributed by atoms with Crippen molar-refractivity contribution in [3.8, 4) is 17.1 Å². The fourth-order valence-corrected chi connectivity index (χ4v) is 4.56. The zero-order valence-corrected chi connectivity index (χ0v) is 27.5. The van der Waals surface area contributed by atoms with E-state index in [0.29, 0.717) is 0 Å². The summed E-state index contributed by atoms with van der Waals surface area (Å²) in [4.78, 5) is 3.79. The predicted octanol–water partition coefficient (Wildman–Crippen LogP) is 7.08. The molecule has 0 saturated heterocycles. The molecule has 240 valence electrons. The fourth-order valence-electron chi connectivity index (χ4n) is 4.56. The van der Waals surface area contributed by atoms with Crippen LogP contribution in [-0.4, -0.2) is 45.0 Å². The molecule has 0 spiro atoms. The minimum absolute atomic E-state index is 0. The maximum atomic E-state index is 13.5. The van der Waals surface area contributed by atoms with Gasteiger partial charge in [-0.05, 0) is 36.4 Å². The largest absolute Gasteiger partial charge is 3.00 e. The molecule has 3 heterocycles. The Balaban J connectivity index is 0.000000126. The van der Waals surface area contributed by atoms with E-state index in [9.17, 15) is 13.2 Å². The Bertz CT molecular complexity index is 2120. The summed E-state index contributed by atoms with van der Waals surface area (Å²) in [6.07, 6.45) is 0. The van der Waals surface area contributed by atoms with E-state index in [-0.39, 0.29) is 54.6 Å². The van der Waals surface area contributed by atoms with Crippen LogP contribution in [0.4, 0.5) is 13.2 Å². The van der Waals surface area contributed by atoms with E-state index < -0.39 is 0 Å². The summed E-state index contributed by atoms with van der Waals surface area (Å²) in [6, 6.07) is 44.3. The van der Waals surface area contributed by atoms with E-state index >= 15 is 0 Å². The van der Waals surface area contributed by atoms with Crippen LogP contribution in [0.25, 0.3) is 50.2 Å². The molecule has 0 amide bonds. The van der Waals surface area contributed by atoms with Crippen molar-refractivity contribution in [2.45, 2.75) is 0 Å².